The van der Waals surface area contributed by atoms with Crippen LogP contribution in [0.3, 0.4) is 0 Å². The minimum Gasteiger partial charge on any atom is -0.481 e. The van der Waals surface area contributed by atoms with Crippen LogP contribution in [0.1, 0.15) is 26.2 Å². The number of aliphatic carboxylic acids is 1. The molecule has 2 amide bonds. The maximum Gasteiger partial charge on any atom is 0.303 e. The summed E-state index contributed by atoms with van der Waals surface area (Å²) in [6, 6.07) is 4.96. The number of rotatable bonds is 6. The summed E-state index contributed by atoms with van der Waals surface area (Å²) in [5.74, 6) is -1.41. The van der Waals surface area contributed by atoms with Crippen molar-refractivity contribution in [1.29, 1.82) is 0 Å². The minimum atomic E-state index is -0.899. The predicted octanol–water partition coefficient (Wildman–Crippen LogP) is 2.51. The molecular weight excluding hydrogens is 340 g/mol. The number of hydrogen-bond acceptors (Lipinski definition) is 4. The van der Waals surface area contributed by atoms with Gasteiger partial charge in [-0.15, -0.1) is 11.8 Å². The number of carboxylic acid groups (broad SMARTS) is 1. The number of hydrogen-bond donors (Lipinski definition) is 3. The molecule has 2 unspecified atom stereocenters. The van der Waals surface area contributed by atoms with Crippen molar-refractivity contribution in [3.05, 3.63) is 23.2 Å². The summed E-state index contributed by atoms with van der Waals surface area (Å²) in [4.78, 5) is 35.5. The van der Waals surface area contributed by atoms with Crippen LogP contribution in [0.25, 0.3) is 0 Å². The topological polar surface area (TPSA) is 95.5 Å². The van der Waals surface area contributed by atoms with Crippen LogP contribution >= 0.6 is 23.4 Å². The number of carboxylic acids is 1. The lowest BCUT2D eigenvalue weighted by molar-refractivity contribution is -0.137. The van der Waals surface area contributed by atoms with E-state index < -0.39 is 11.2 Å². The highest BCUT2D eigenvalue weighted by Gasteiger charge is 2.29. The molecule has 0 fully saturated rings. The number of fused-ring (bicyclic) bond motifs is 1. The first kappa shape index (κ1) is 17.6. The molecule has 6 nitrogen and oxygen atoms in total. The van der Waals surface area contributed by atoms with E-state index >= 15 is 0 Å². The number of amides is 2. The fraction of sp³-hybridized carbons (Fsp3) is 0.400. The van der Waals surface area contributed by atoms with Crippen LogP contribution in [0.15, 0.2) is 23.1 Å². The third-order valence-electron chi connectivity index (χ3n) is 3.33. The molecule has 0 radical (unpaired) electrons. The fourth-order valence-corrected chi connectivity index (χ4v) is 3.43. The first-order valence-corrected chi connectivity index (χ1v) is 8.39. The van der Waals surface area contributed by atoms with Gasteiger partial charge in [0.05, 0.1) is 10.9 Å². The largest absolute Gasteiger partial charge is 0.481 e. The minimum absolute atomic E-state index is 0.00571. The second kappa shape index (κ2) is 7.70. The maximum absolute atomic E-state index is 12.1. The lowest BCUT2D eigenvalue weighted by Gasteiger charge is -2.24. The van der Waals surface area contributed by atoms with Gasteiger partial charge in [0.25, 0.3) is 0 Å². The molecule has 124 valence electrons. The first-order valence-electron chi connectivity index (χ1n) is 7.13. The zero-order valence-corrected chi connectivity index (χ0v) is 14.0. The molecule has 23 heavy (non-hydrogen) atoms. The standard InChI is InChI=1S/C15H17ClN2O4S/c1-8(2-5-14(20)21)17-13(19)7-12-15(22)18-10-6-9(16)3-4-11(10)23-12/h3-4,6,8,12H,2,5,7H2,1H3,(H,17,19)(H,18,22)(H,20,21). The highest BCUT2D eigenvalue weighted by Crippen LogP contribution is 2.38. The van der Waals surface area contributed by atoms with Crippen molar-refractivity contribution < 1.29 is 19.5 Å². The fourth-order valence-electron chi connectivity index (χ4n) is 2.17. The molecule has 1 aromatic carbocycles. The summed E-state index contributed by atoms with van der Waals surface area (Å²) >= 11 is 7.21. The summed E-state index contributed by atoms with van der Waals surface area (Å²) in [5, 5.41) is 14.1. The number of nitrogens with one attached hydrogen (secondary N) is 2. The molecule has 0 aromatic heterocycles. The maximum atomic E-state index is 12.1. The van der Waals surface area contributed by atoms with Crippen molar-refractivity contribution in [1.82, 2.24) is 5.32 Å². The van der Waals surface area contributed by atoms with E-state index in [-0.39, 0.29) is 30.7 Å². The van der Waals surface area contributed by atoms with Gasteiger partial charge in [0.1, 0.15) is 0 Å². The Bertz CT molecular complexity index is 638. The number of benzene rings is 1. The van der Waals surface area contributed by atoms with E-state index in [1.165, 1.54) is 11.8 Å². The van der Waals surface area contributed by atoms with Gasteiger partial charge in [-0.1, -0.05) is 11.6 Å². The average Bonchev–Trinajstić information content (AvgIpc) is 2.46. The molecule has 1 heterocycles. The number of thioether (sulfide) groups is 1. The van der Waals surface area contributed by atoms with E-state index in [1.54, 1.807) is 19.1 Å². The zero-order chi connectivity index (χ0) is 17.0. The Morgan fingerprint density at radius 1 is 1.48 bits per heavy atom. The molecule has 0 aliphatic carbocycles. The first-order chi connectivity index (χ1) is 10.8. The molecule has 0 saturated heterocycles. The molecule has 0 saturated carbocycles. The quantitative estimate of drug-likeness (QED) is 0.728. The highest BCUT2D eigenvalue weighted by molar-refractivity contribution is 8.01. The van der Waals surface area contributed by atoms with Crippen LogP contribution in [0.5, 0.6) is 0 Å². The van der Waals surface area contributed by atoms with Crippen LogP contribution in [-0.4, -0.2) is 34.2 Å². The Hall–Kier alpha value is -1.73. The van der Waals surface area contributed by atoms with Crippen molar-refractivity contribution in [3.8, 4) is 0 Å². The van der Waals surface area contributed by atoms with Crippen molar-refractivity contribution >= 4 is 46.8 Å². The highest BCUT2D eigenvalue weighted by atomic mass is 35.5. The van der Waals surface area contributed by atoms with Gasteiger partial charge in [-0.05, 0) is 31.5 Å². The lowest BCUT2D eigenvalue weighted by atomic mass is 10.1. The van der Waals surface area contributed by atoms with E-state index in [4.69, 9.17) is 16.7 Å². The van der Waals surface area contributed by atoms with Crippen LogP contribution in [-0.2, 0) is 14.4 Å². The van der Waals surface area contributed by atoms with Crippen molar-refractivity contribution in [2.45, 2.75) is 42.4 Å². The third kappa shape index (κ3) is 5.14. The Labute approximate surface area is 143 Å². The molecule has 0 spiro atoms. The Morgan fingerprint density at radius 3 is 2.91 bits per heavy atom. The number of carbonyl (C=O) groups is 3. The summed E-state index contributed by atoms with van der Waals surface area (Å²) < 4.78 is 0. The summed E-state index contributed by atoms with van der Waals surface area (Å²) in [6.07, 6.45) is 0.386. The van der Waals surface area contributed by atoms with Gasteiger partial charge < -0.3 is 15.7 Å². The Morgan fingerprint density at radius 2 is 2.22 bits per heavy atom. The number of carbonyl (C=O) groups excluding carboxylic acids is 2. The van der Waals surface area contributed by atoms with E-state index in [9.17, 15) is 14.4 Å². The normalized spacial score (nSPS) is 17.8. The molecule has 1 aliphatic rings. The second-order valence-corrected chi connectivity index (χ2v) is 7.02. The summed E-state index contributed by atoms with van der Waals surface area (Å²) in [7, 11) is 0. The van der Waals surface area contributed by atoms with Crippen LogP contribution < -0.4 is 10.6 Å². The van der Waals surface area contributed by atoms with Crippen molar-refractivity contribution in [3.63, 3.8) is 0 Å². The van der Waals surface area contributed by atoms with Crippen molar-refractivity contribution in [2.24, 2.45) is 0 Å². The smallest absolute Gasteiger partial charge is 0.303 e. The van der Waals surface area contributed by atoms with Gasteiger partial charge in [-0.3, -0.25) is 14.4 Å². The van der Waals surface area contributed by atoms with E-state index in [2.05, 4.69) is 10.6 Å². The molecule has 1 aliphatic heterocycles. The van der Waals surface area contributed by atoms with Crippen LogP contribution in [0.4, 0.5) is 5.69 Å². The third-order valence-corrected chi connectivity index (χ3v) is 4.84. The molecule has 3 N–H and O–H groups in total. The number of halogens is 1. The average molecular weight is 357 g/mol. The van der Waals surface area contributed by atoms with Gasteiger partial charge in [-0.2, -0.15) is 0 Å². The monoisotopic (exact) mass is 356 g/mol. The summed E-state index contributed by atoms with van der Waals surface area (Å²) in [5.41, 5.74) is 0.652. The Kier molecular flexibility index (Phi) is 5.90. The van der Waals surface area contributed by atoms with E-state index in [0.717, 1.165) is 4.90 Å². The van der Waals surface area contributed by atoms with Crippen LogP contribution in [0.2, 0.25) is 5.02 Å². The van der Waals surface area contributed by atoms with Crippen LogP contribution in [0, 0.1) is 0 Å². The number of anilines is 1. The summed E-state index contributed by atoms with van der Waals surface area (Å²) in [6.45, 7) is 1.74. The van der Waals surface area contributed by atoms with Gasteiger partial charge in [-0.25, -0.2) is 0 Å². The van der Waals surface area contributed by atoms with E-state index in [1.807, 2.05) is 6.07 Å². The van der Waals surface area contributed by atoms with Gasteiger partial charge in [0.2, 0.25) is 11.8 Å². The molecular formula is C15H17ClN2O4S. The van der Waals surface area contributed by atoms with Gasteiger partial charge in [0, 0.05) is 28.8 Å². The molecule has 2 rings (SSSR count). The molecule has 1 aromatic rings. The Balaban J connectivity index is 1.90. The molecule has 2 atom stereocenters. The SMILES string of the molecule is CC(CCC(=O)O)NC(=O)CC1Sc2ccc(Cl)cc2NC1=O. The molecule has 8 heteroatoms. The predicted molar refractivity (Wildman–Crippen MR) is 88.8 cm³/mol. The zero-order valence-electron chi connectivity index (χ0n) is 12.5. The lowest BCUT2D eigenvalue weighted by Crippen LogP contribution is -2.38. The van der Waals surface area contributed by atoms with Gasteiger partial charge in [0.15, 0.2) is 0 Å². The molecule has 0 bridgehead atoms. The van der Waals surface area contributed by atoms with Gasteiger partial charge >= 0.3 is 5.97 Å². The second-order valence-electron chi connectivity index (χ2n) is 5.34. The van der Waals surface area contributed by atoms with E-state index in [0.29, 0.717) is 17.1 Å². The van der Waals surface area contributed by atoms with Crippen molar-refractivity contribution in [2.75, 3.05) is 5.32 Å².